The first kappa shape index (κ1) is 14.7. The van der Waals surface area contributed by atoms with Crippen molar-refractivity contribution in [2.45, 2.75) is 12.2 Å². The van der Waals surface area contributed by atoms with Crippen LogP contribution < -0.4 is 4.72 Å². The van der Waals surface area contributed by atoms with Gasteiger partial charge in [0, 0.05) is 4.47 Å². The van der Waals surface area contributed by atoms with Gasteiger partial charge in [-0.25, -0.2) is 12.8 Å². The molecule has 0 saturated heterocycles. The van der Waals surface area contributed by atoms with E-state index in [4.69, 9.17) is 16.7 Å². The molecule has 96 valence electrons. The third kappa shape index (κ3) is 3.54. The van der Waals surface area contributed by atoms with Crippen LogP contribution in [0.4, 0.5) is 10.1 Å². The predicted octanol–water partition coefficient (Wildman–Crippen LogP) is 2.36. The topological polar surface area (TPSA) is 66.4 Å². The third-order valence-corrected chi connectivity index (χ3v) is 4.66. The molecule has 1 aromatic carbocycles. The van der Waals surface area contributed by atoms with Gasteiger partial charge in [0.1, 0.15) is 11.1 Å². The van der Waals surface area contributed by atoms with E-state index in [0.717, 1.165) is 12.1 Å². The number of rotatable bonds is 4. The Bertz CT molecular complexity index is 500. The van der Waals surface area contributed by atoms with E-state index in [2.05, 4.69) is 20.7 Å². The fourth-order valence-corrected chi connectivity index (χ4v) is 2.97. The van der Waals surface area contributed by atoms with E-state index in [1.165, 1.54) is 6.92 Å². The number of anilines is 1. The Hall–Kier alpha value is -0.370. The lowest BCUT2D eigenvalue weighted by molar-refractivity contribution is 0.296. The Kier molecular flexibility index (Phi) is 4.77. The molecule has 1 aromatic rings. The van der Waals surface area contributed by atoms with E-state index in [1.807, 2.05) is 0 Å². The molecule has 1 unspecified atom stereocenters. The minimum atomic E-state index is -3.76. The van der Waals surface area contributed by atoms with Crippen molar-refractivity contribution < 1.29 is 17.9 Å². The zero-order valence-electron chi connectivity index (χ0n) is 8.75. The van der Waals surface area contributed by atoms with Crippen molar-refractivity contribution in [3.8, 4) is 0 Å². The molecule has 0 radical (unpaired) electrons. The van der Waals surface area contributed by atoms with Gasteiger partial charge in [0.15, 0.2) is 0 Å². The fraction of sp³-hybridized carbons (Fsp3) is 0.333. The normalized spacial score (nSPS) is 13.5. The highest BCUT2D eigenvalue weighted by Crippen LogP contribution is 2.32. The lowest BCUT2D eigenvalue weighted by atomic mass is 10.3. The van der Waals surface area contributed by atoms with Gasteiger partial charge < -0.3 is 5.11 Å². The molecule has 0 aliphatic rings. The van der Waals surface area contributed by atoms with E-state index >= 15 is 0 Å². The Morgan fingerprint density at radius 2 is 2.18 bits per heavy atom. The summed E-state index contributed by atoms with van der Waals surface area (Å²) >= 11 is 8.74. The second-order valence-corrected chi connectivity index (χ2v) is 6.75. The maximum Gasteiger partial charge on any atom is 0.237 e. The van der Waals surface area contributed by atoms with Crippen molar-refractivity contribution in [2.24, 2.45) is 0 Å². The first-order valence-electron chi connectivity index (χ1n) is 4.55. The number of sulfonamides is 1. The fourth-order valence-electron chi connectivity index (χ4n) is 0.981. The zero-order valence-corrected chi connectivity index (χ0v) is 11.9. The average molecular weight is 347 g/mol. The van der Waals surface area contributed by atoms with Crippen LogP contribution in [-0.2, 0) is 10.0 Å². The van der Waals surface area contributed by atoms with Crippen LogP contribution in [0.15, 0.2) is 16.6 Å². The van der Waals surface area contributed by atoms with Crippen molar-refractivity contribution in [1.29, 1.82) is 0 Å². The molecule has 0 amide bonds. The van der Waals surface area contributed by atoms with Gasteiger partial charge in [0.2, 0.25) is 10.0 Å². The van der Waals surface area contributed by atoms with Crippen LogP contribution in [-0.4, -0.2) is 25.4 Å². The Morgan fingerprint density at radius 3 is 2.65 bits per heavy atom. The van der Waals surface area contributed by atoms with Crippen LogP contribution in [0.5, 0.6) is 0 Å². The number of hydrogen-bond acceptors (Lipinski definition) is 3. The minimum Gasteiger partial charge on any atom is -0.395 e. The van der Waals surface area contributed by atoms with Crippen LogP contribution in [0, 0.1) is 5.82 Å². The summed E-state index contributed by atoms with van der Waals surface area (Å²) in [7, 11) is -3.76. The maximum atomic E-state index is 12.9. The summed E-state index contributed by atoms with van der Waals surface area (Å²) in [5, 5.41) is 7.75. The van der Waals surface area contributed by atoms with Crippen molar-refractivity contribution in [1.82, 2.24) is 0 Å². The molecule has 1 rings (SSSR count). The Balaban J connectivity index is 3.13. The molecule has 0 heterocycles. The van der Waals surface area contributed by atoms with Gasteiger partial charge in [-0.15, -0.1) is 0 Å². The van der Waals surface area contributed by atoms with Crippen LogP contribution in [0.1, 0.15) is 6.92 Å². The molecule has 17 heavy (non-hydrogen) atoms. The number of aliphatic hydroxyl groups excluding tert-OH is 1. The standard InChI is InChI=1S/C9H10BrClFNO3S/c1-5(4-14)17(15,16)13-9-7(10)2-6(12)3-8(9)11/h2-3,5,13-14H,4H2,1H3. The summed E-state index contributed by atoms with van der Waals surface area (Å²) in [5.74, 6) is -0.583. The molecule has 2 N–H and O–H groups in total. The van der Waals surface area contributed by atoms with Crippen molar-refractivity contribution in [3.63, 3.8) is 0 Å². The van der Waals surface area contributed by atoms with Crippen LogP contribution >= 0.6 is 27.5 Å². The van der Waals surface area contributed by atoms with E-state index in [-0.39, 0.29) is 15.2 Å². The summed E-state index contributed by atoms with van der Waals surface area (Å²) in [6.45, 7) is 0.819. The summed E-state index contributed by atoms with van der Waals surface area (Å²) in [4.78, 5) is 0. The smallest absolute Gasteiger partial charge is 0.237 e. The SMILES string of the molecule is CC(CO)S(=O)(=O)Nc1c(Cl)cc(F)cc1Br. The van der Waals surface area contributed by atoms with E-state index in [9.17, 15) is 12.8 Å². The van der Waals surface area contributed by atoms with Crippen molar-refractivity contribution in [3.05, 3.63) is 27.4 Å². The van der Waals surface area contributed by atoms with Crippen molar-refractivity contribution in [2.75, 3.05) is 11.3 Å². The van der Waals surface area contributed by atoms with Gasteiger partial charge in [-0.1, -0.05) is 11.6 Å². The summed E-state index contributed by atoms with van der Waals surface area (Å²) in [5.41, 5.74) is 0.0494. The minimum absolute atomic E-state index is 0.0494. The number of aliphatic hydroxyl groups is 1. The molecule has 4 nitrogen and oxygen atoms in total. The van der Waals surface area contributed by atoms with E-state index in [1.54, 1.807) is 0 Å². The molecule has 0 aromatic heterocycles. The van der Waals surface area contributed by atoms with Gasteiger partial charge in [-0.05, 0) is 35.0 Å². The molecule has 1 atom stereocenters. The molecule has 8 heteroatoms. The molecule has 0 spiro atoms. The molecule has 0 saturated carbocycles. The highest BCUT2D eigenvalue weighted by atomic mass is 79.9. The highest BCUT2D eigenvalue weighted by Gasteiger charge is 2.22. The zero-order chi connectivity index (χ0) is 13.2. The van der Waals surface area contributed by atoms with Crippen LogP contribution in [0.3, 0.4) is 0 Å². The van der Waals surface area contributed by atoms with Gasteiger partial charge in [-0.3, -0.25) is 4.72 Å². The van der Waals surface area contributed by atoms with Gasteiger partial charge in [0.05, 0.1) is 17.3 Å². The van der Waals surface area contributed by atoms with E-state index < -0.39 is 27.7 Å². The Labute approximate surface area is 112 Å². The van der Waals surface area contributed by atoms with E-state index in [0.29, 0.717) is 0 Å². The largest absolute Gasteiger partial charge is 0.395 e. The van der Waals surface area contributed by atoms with Crippen LogP contribution in [0.2, 0.25) is 5.02 Å². The van der Waals surface area contributed by atoms with Gasteiger partial charge >= 0.3 is 0 Å². The summed E-state index contributed by atoms with van der Waals surface area (Å²) in [6, 6.07) is 2.08. The molecule has 0 aliphatic heterocycles. The Morgan fingerprint density at radius 1 is 1.59 bits per heavy atom. The monoisotopic (exact) mass is 345 g/mol. The third-order valence-electron chi connectivity index (χ3n) is 2.04. The lowest BCUT2D eigenvalue weighted by Gasteiger charge is -2.14. The van der Waals surface area contributed by atoms with Gasteiger partial charge in [-0.2, -0.15) is 0 Å². The predicted molar refractivity (Wildman–Crippen MR) is 68.2 cm³/mol. The first-order chi connectivity index (χ1) is 7.77. The number of hydrogen-bond donors (Lipinski definition) is 2. The average Bonchev–Trinajstić information content (AvgIpc) is 2.22. The number of benzene rings is 1. The quantitative estimate of drug-likeness (QED) is 0.879. The lowest BCUT2D eigenvalue weighted by Crippen LogP contribution is -2.28. The molecule has 0 bridgehead atoms. The molecular weight excluding hydrogens is 337 g/mol. The number of halogens is 3. The number of nitrogens with one attached hydrogen (secondary N) is 1. The van der Waals surface area contributed by atoms with Crippen LogP contribution in [0.25, 0.3) is 0 Å². The highest BCUT2D eigenvalue weighted by molar-refractivity contribution is 9.10. The molecule has 0 aliphatic carbocycles. The maximum absolute atomic E-state index is 12.9. The van der Waals surface area contributed by atoms with Crippen molar-refractivity contribution >= 4 is 43.2 Å². The summed E-state index contributed by atoms with van der Waals surface area (Å²) < 4.78 is 38.7. The second kappa shape index (κ2) is 5.51. The molecule has 0 fully saturated rings. The molecular formula is C9H10BrClFNO3S. The summed E-state index contributed by atoms with van der Waals surface area (Å²) in [6.07, 6.45) is 0. The first-order valence-corrected chi connectivity index (χ1v) is 7.26. The van der Waals surface area contributed by atoms with Gasteiger partial charge in [0.25, 0.3) is 0 Å². The second-order valence-electron chi connectivity index (χ2n) is 3.38.